The van der Waals surface area contributed by atoms with Gasteiger partial charge in [-0.05, 0) is 49.4 Å². The Kier molecular flexibility index (Phi) is 7.96. The van der Waals surface area contributed by atoms with Crippen molar-refractivity contribution in [2.75, 3.05) is 19.5 Å². The van der Waals surface area contributed by atoms with Gasteiger partial charge in [-0.3, -0.25) is 9.59 Å². The number of nitrogens with zero attached hydrogens (tertiary/aromatic N) is 1. The van der Waals surface area contributed by atoms with Crippen LogP contribution in [0.25, 0.3) is 0 Å². The number of hydrazone groups is 1. The molecule has 0 fully saturated rings. The second kappa shape index (κ2) is 11.3. The number of ether oxygens (including phenoxy) is 3. The van der Waals surface area contributed by atoms with Gasteiger partial charge in [0.25, 0.3) is 0 Å². The molecule has 0 aliphatic rings. The maximum absolute atomic E-state index is 12.6. The number of carbonyl (C=O) groups is 3. The molecule has 174 valence electrons. The molecule has 3 rings (SSSR count). The fraction of sp³-hybridized carbons (Fsp3) is 0.120. The molecule has 3 aromatic rings. The molecule has 34 heavy (non-hydrogen) atoms. The van der Waals surface area contributed by atoms with Crippen LogP contribution < -0.4 is 25.0 Å². The molecular weight excluding hydrogens is 438 g/mol. The van der Waals surface area contributed by atoms with Crippen molar-refractivity contribution in [2.45, 2.75) is 6.92 Å². The van der Waals surface area contributed by atoms with Crippen LogP contribution in [-0.2, 0) is 9.59 Å². The molecule has 2 amide bonds. The summed E-state index contributed by atoms with van der Waals surface area (Å²) in [6, 6.07) is 20.0. The predicted octanol–water partition coefficient (Wildman–Crippen LogP) is 3.40. The molecule has 0 radical (unpaired) electrons. The lowest BCUT2D eigenvalue weighted by Crippen LogP contribution is -2.33. The summed E-state index contributed by atoms with van der Waals surface area (Å²) in [5, 5.41) is 6.45. The smallest absolute Gasteiger partial charge is 0.343 e. The Balaban J connectivity index is 1.70. The molecule has 0 saturated heterocycles. The zero-order valence-electron chi connectivity index (χ0n) is 18.8. The molecule has 9 nitrogen and oxygen atoms in total. The fourth-order valence-corrected chi connectivity index (χ4v) is 2.94. The van der Waals surface area contributed by atoms with Crippen LogP contribution in [-0.4, -0.2) is 37.7 Å². The average molecular weight is 461 g/mol. The van der Waals surface area contributed by atoms with Crippen molar-refractivity contribution in [2.24, 2.45) is 5.10 Å². The van der Waals surface area contributed by atoms with Crippen LogP contribution in [0.2, 0.25) is 0 Å². The van der Waals surface area contributed by atoms with Crippen LogP contribution in [0.3, 0.4) is 0 Å². The topological polar surface area (TPSA) is 115 Å². The van der Waals surface area contributed by atoms with Crippen molar-refractivity contribution in [1.29, 1.82) is 0 Å². The zero-order chi connectivity index (χ0) is 24.5. The molecule has 3 aromatic carbocycles. The number of anilines is 1. The summed E-state index contributed by atoms with van der Waals surface area (Å²) in [4.78, 5) is 37.0. The Hall–Kier alpha value is -4.66. The predicted molar refractivity (Wildman–Crippen MR) is 126 cm³/mol. The van der Waals surface area contributed by atoms with Gasteiger partial charge >= 0.3 is 17.8 Å². The summed E-state index contributed by atoms with van der Waals surface area (Å²) < 4.78 is 15.8. The number of benzene rings is 3. The second-order valence-corrected chi connectivity index (χ2v) is 6.91. The SMILES string of the molecule is COc1cccc(C(=O)Oc2ccccc2C(C)=NNC(=O)C(=O)Nc2ccccc2OC)c1. The van der Waals surface area contributed by atoms with Crippen LogP contribution in [0, 0.1) is 0 Å². The summed E-state index contributed by atoms with van der Waals surface area (Å²) in [5.74, 6) is -1.30. The molecule has 0 bridgehead atoms. The summed E-state index contributed by atoms with van der Waals surface area (Å²) >= 11 is 0. The molecule has 0 unspecified atom stereocenters. The first kappa shape index (κ1) is 24.0. The lowest BCUT2D eigenvalue weighted by atomic mass is 10.1. The van der Waals surface area contributed by atoms with Crippen molar-refractivity contribution >= 4 is 29.2 Å². The number of para-hydroxylation sites is 3. The number of hydrogen-bond acceptors (Lipinski definition) is 7. The number of rotatable bonds is 7. The maximum atomic E-state index is 12.6. The molecule has 0 atom stereocenters. The number of esters is 1. The molecule has 0 saturated carbocycles. The van der Waals surface area contributed by atoms with Gasteiger partial charge in [0.2, 0.25) is 0 Å². The number of nitrogens with one attached hydrogen (secondary N) is 2. The molecule has 9 heteroatoms. The first-order valence-corrected chi connectivity index (χ1v) is 10.2. The molecule has 0 aromatic heterocycles. The number of hydrogen-bond donors (Lipinski definition) is 2. The average Bonchev–Trinajstić information content (AvgIpc) is 2.87. The zero-order valence-corrected chi connectivity index (χ0v) is 18.8. The summed E-state index contributed by atoms with van der Waals surface area (Å²) in [7, 11) is 2.96. The highest BCUT2D eigenvalue weighted by atomic mass is 16.5. The maximum Gasteiger partial charge on any atom is 0.343 e. The number of amides is 2. The van der Waals surface area contributed by atoms with Gasteiger partial charge < -0.3 is 19.5 Å². The Labute approximate surface area is 196 Å². The van der Waals surface area contributed by atoms with Crippen molar-refractivity contribution in [1.82, 2.24) is 5.43 Å². The minimum Gasteiger partial charge on any atom is -0.497 e. The third-order valence-electron chi connectivity index (χ3n) is 4.67. The quantitative estimate of drug-likeness (QED) is 0.183. The largest absolute Gasteiger partial charge is 0.497 e. The van der Waals surface area contributed by atoms with E-state index in [0.717, 1.165) is 0 Å². The Morgan fingerprint density at radius 2 is 1.50 bits per heavy atom. The van der Waals surface area contributed by atoms with Gasteiger partial charge in [-0.2, -0.15) is 5.10 Å². The first-order chi connectivity index (χ1) is 16.4. The van der Waals surface area contributed by atoms with Crippen molar-refractivity contribution < 1.29 is 28.6 Å². The van der Waals surface area contributed by atoms with E-state index in [9.17, 15) is 14.4 Å². The van der Waals surface area contributed by atoms with E-state index in [2.05, 4.69) is 15.8 Å². The van der Waals surface area contributed by atoms with Gasteiger partial charge in [0, 0.05) is 5.56 Å². The first-order valence-electron chi connectivity index (χ1n) is 10.2. The molecule has 0 aliphatic carbocycles. The highest BCUT2D eigenvalue weighted by Crippen LogP contribution is 2.23. The lowest BCUT2D eigenvalue weighted by Gasteiger charge is -2.11. The van der Waals surface area contributed by atoms with E-state index in [-0.39, 0.29) is 5.75 Å². The van der Waals surface area contributed by atoms with E-state index in [4.69, 9.17) is 14.2 Å². The van der Waals surface area contributed by atoms with E-state index >= 15 is 0 Å². The van der Waals surface area contributed by atoms with E-state index in [1.54, 1.807) is 79.7 Å². The van der Waals surface area contributed by atoms with E-state index in [1.165, 1.54) is 14.2 Å². The van der Waals surface area contributed by atoms with Gasteiger partial charge in [-0.15, -0.1) is 0 Å². The van der Waals surface area contributed by atoms with E-state index in [0.29, 0.717) is 34.0 Å². The van der Waals surface area contributed by atoms with Gasteiger partial charge in [0.15, 0.2) is 0 Å². The lowest BCUT2D eigenvalue weighted by molar-refractivity contribution is -0.136. The molecule has 0 heterocycles. The Bertz CT molecular complexity index is 1240. The van der Waals surface area contributed by atoms with Crippen molar-refractivity contribution in [3.8, 4) is 17.2 Å². The minimum atomic E-state index is -0.976. The second-order valence-electron chi connectivity index (χ2n) is 6.91. The molecule has 2 N–H and O–H groups in total. The molecule has 0 aliphatic heterocycles. The summed E-state index contributed by atoms with van der Waals surface area (Å²) in [6.07, 6.45) is 0. The van der Waals surface area contributed by atoms with Crippen LogP contribution in [0.15, 0.2) is 77.9 Å². The van der Waals surface area contributed by atoms with Crippen molar-refractivity contribution in [3.05, 3.63) is 83.9 Å². The summed E-state index contributed by atoms with van der Waals surface area (Å²) in [5.41, 5.74) is 3.65. The van der Waals surface area contributed by atoms with Gasteiger partial charge in [-0.1, -0.05) is 30.3 Å². The van der Waals surface area contributed by atoms with Crippen LogP contribution in [0.5, 0.6) is 17.2 Å². The number of methoxy groups -OCH3 is 2. The van der Waals surface area contributed by atoms with Crippen LogP contribution >= 0.6 is 0 Å². The highest BCUT2D eigenvalue weighted by Gasteiger charge is 2.17. The van der Waals surface area contributed by atoms with E-state index < -0.39 is 17.8 Å². The van der Waals surface area contributed by atoms with Gasteiger partial charge in [0.05, 0.1) is 31.2 Å². The summed E-state index contributed by atoms with van der Waals surface area (Å²) in [6.45, 7) is 1.61. The monoisotopic (exact) mass is 461 g/mol. The third-order valence-corrected chi connectivity index (χ3v) is 4.67. The standard InChI is InChI=1S/C25H23N3O6/c1-16(27-28-24(30)23(29)26-20-12-5-7-14-22(20)33-3)19-11-4-6-13-21(19)34-25(31)17-9-8-10-18(15-17)32-2/h4-15H,1-3H3,(H,26,29)(H,28,30). The number of carbonyl (C=O) groups excluding carboxylic acids is 3. The van der Waals surface area contributed by atoms with Gasteiger partial charge in [-0.25, -0.2) is 10.2 Å². The van der Waals surface area contributed by atoms with Crippen LogP contribution in [0.1, 0.15) is 22.8 Å². The molecule has 0 spiro atoms. The van der Waals surface area contributed by atoms with Crippen LogP contribution in [0.4, 0.5) is 5.69 Å². The fourth-order valence-electron chi connectivity index (χ4n) is 2.94. The van der Waals surface area contributed by atoms with E-state index in [1.807, 2.05) is 0 Å². The molecular formula is C25H23N3O6. The van der Waals surface area contributed by atoms with Gasteiger partial charge in [0.1, 0.15) is 17.2 Å². The highest BCUT2D eigenvalue weighted by molar-refractivity contribution is 6.39. The normalized spacial score (nSPS) is 10.7. The Morgan fingerprint density at radius 1 is 0.794 bits per heavy atom. The third kappa shape index (κ3) is 5.98. The minimum absolute atomic E-state index is 0.240. The van der Waals surface area contributed by atoms with Crippen molar-refractivity contribution in [3.63, 3.8) is 0 Å². The Morgan fingerprint density at radius 3 is 2.24 bits per heavy atom.